The molecule has 0 aliphatic carbocycles. The molecule has 2 rings (SSSR count). The topological polar surface area (TPSA) is 139 Å². The fraction of sp³-hybridized carbons (Fsp3) is 0.720. The van der Waals surface area contributed by atoms with Crippen LogP contribution in [-0.4, -0.2) is 95.4 Å². The molecule has 0 saturated carbocycles. The molecule has 0 aliphatic heterocycles. The molecule has 2 aromatic carbocycles. The molecule has 0 heterocycles. The minimum Gasteiger partial charge on any atom is -0.550 e. The Balaban J connectivity index is 0.00000112. The van der Waals surface area contributed by atoms with Crippen LogP contribution in [0.3, 0.4) is 0 Å². The van der Waals surface area contributed by atoms with Crippen molar-refractivity contribution in [3.8, 4) is 0 Å². The van der Waals surface area contributed by atoms with Crippen molar-refractivity contribution in [2.45, 2.75) is 231 Å². The van der Waals surface area contributed by atoms with Gasteiger partial charge in [-0.15, -0.1) is 0 Å². The van der Waals surface area contributed by atoms with Gasteiger partial charge in [0.25, 0.3) is 0 Å². The summed E-state index contributed by atoms with van der Waals surface area (Å²) in [7, 11) is 0. The molecule has 2 N–H and O–H groups in total. The van der Waals surface area contributed by atoms with Gasteiger partial charge in [-0.05, 0) is 75.3 Å². The molecule has 0 amide bonds. The monoisotopic (exact) mass is 949 g/mol. The van der Waals surface area contributed by atoms with E-state index in [1.807, 2.05) is 12.1 Å². The number of aliphatic hydroxyl groups is 2. The Morgan fingerprint density at radius 2 is 0.746 bits per heavy atom. The third kappa shape index (κ3) is 38.2. The van der Waals surface area contributed by atoms with Crippen molar-refractivity contribution in [3.63, 3.8) is 0 Å². The Morgan fingerprint density at radius 3 is 1.05 bits per heavy atom. The molecule has 9 heteroatoms. The summed E-state index contributed by atoms with van der Waals surface area (Å²) in [5, 5.41) is 40.1. The van der Waals surface area contributed by atoms with Crippen molar-refractivity contribution in [2.24, 2.45) is 0 Å². The van der Waals surface area contributed by atoms with Crippen LogP contribution in [0.2, 0.25) is 0 Å². The molecule has 8 nitrogen and oxygen atoms in total. The van der Waals surface area contributed by atoms with E-state index in [1.54, 1.807) is 0 Å². The second-order valence-corrected chi connectivity index (χ2v) is 16.4. The number of aliphatic hydroxyl groups excluding tert-OH is 2. The van der Waals surface area contributed by atoms with Crippen LogP contribution in [0.15, 0.2) is 60.7 Å². The summed E-state index contributed by atoms with van der Waals surface area (Å²) >= 11 is 0. The zero-order valence-corrected chi connectivity index (χ0v) is 41.8. The van der Waals surface area contributed by atoms with Crippen molar-refractivity contribution in [1.82, 2.24) is 0 Å². The zero-order valence-electron chi connectivity index (χ0n) is 37.3. The van der Waals surface area contributed by atoms with Gasteiger partial charge < -0.3 is 39.5 Å². The number of carbonyl (C=O) groups excluding carboxylic acids is 2. The fourth-order valence-electron chi connectivity index (χ4n) is 7.19. The van der Waals surface area contributed by atoms with Crippen LogP contribution in [0.1, 0.15) is 205 Å². The number of rotatable bonds is 38. The number of aliphatic carboxylic acids is 2. The van der Waals surface area contributed by atoms with Crippen molar-refractivity contribution >= 4 is 60.8 Å². The third-order valence-corrected chi connectivity index (χ3v) is 10.9. The van der Waals surface area contributed by atoms with Gasteiger partial charge in [0.1, 0.15) is 0 Å². The molecule has 332 valence electrons. The largest absolute Gasteiger partial charge is 2.00 e. The number of unbranched alkanes of at least 4 members (excludes halogenated alkanes) is 14. The van der Waals surface area contributed by atoms with Gasteiger partial charge >= 0.3 is 48.9 Å². The molecule has 0 radical (unpaired) electrons. The molecule has 59 heavy (non-hydrogen) atoms. The Bertz CT molecular complexity index is 1110. The van der Waals surface area contributed by atoms with Gasteiger partial charge in [0.15, 0.2) is 0 Å². The average Bonchev–Trinajstić information content (AvgIpc) is 3.23. The first kappa shape index (κ1) is 57.8. The van der Waals surface area contributed by atoms with Crippen molar-refractivity contribution in [3.05, 3.63) is 71.8 Å². The number of carbonyl (C=O) groups is 2. The molecule has 0 saturated heterocycles. The third-order valence-electron chi connectivity index (χ3n) is 10.9. The van der Waals surface area contributed by atoms with Crippen LogP contribution in [-0.2, 0) is 32.3 Å². The molecule has 2 aromatic rings. The minimum absolute atomic E-state index is 0. The van der Waals surface area contributed by atoms with Crippen LogP contribution in [0.4, 0.5) is 0 Å². The predicted octanol–water partition coefficient (Wildman–Crippen LogP) is 9.95. The quantitative estimate of drug-likeness (QED) is 0.0501. The van der Waals surface area contributed by atoms with Gasteiger partial charge in [-0.25, -0.2) is 0 Å². The van der Waals surface area contributed by atoms with E-state index in [-0.39, 0.29) is 61.7 Å². The van der Waals surface area contributed by atoms with Crippen molar-refractivity contribution < 1.29 is 39.5 Å². The fourth-order valence-corrected chi connectivity index (χ4v) is 7.19. The number of carboxylic acid groups (broad SMARTS) is 2. The normalized spacial score (nSPS) is 13.1. The maximum absolute atomic E-state index is 10.4. The summed E-state index contributed by atoms with van der Waals surface area (Å²) < 4.78 is 12.4. The number of hydrogen-bond acceptors (Lipinski definition) is 8. The first-order valence-electron chi connectivity index (χ1n) is 23.3. The van der Waals surface area contributed by atoms with E-state index in [1.165, 1.54) is 101 Å². The Morgan fingerprint density at radius 1 is 0.458 bits per heavy atom. The molecule has 4 unspecified atom stereocenters. The molecular weight excluding hydrogens is 866 g/mol. The second-order valence-electron chi connectivity index (χ2n) is 16.4. The van der Waals surface area contributed by atoms with Crippen molar-refractivity contribution in [1.29, 1.82) is 0 Å². The number of carboxylic acids is 2. The SMILES string of the molecule is CCCCC(CCCCCCCCCC(O)CCC(=O)[O-])OCc1ccccc1.CCCCC(CCCCCCCCCC(O)CCC(=O)[O-])OCc1ccccc1.[Ba+2]. The zero-order chi connectivity index (χ0) is 42.3. The molecular formula is C50H82BaO8. The van der Waals surface area contributed by atoms with Gasteiger partial charge in [-0.1, -0.05) is 190 Å². The van der Waals surface area contributed by atoms with Crippen LogP contribution >= 0.6 is 0 Å². The Hall–Kier alpha value is -1.21. The summed E-state index contributed by atoms with van der Waals surface area (Å²) in [6, 6.07) is 20.8. The van der Waals surface area contributed by atoms with Crippen LogP contribution in [0, 0.1) is 0 Å². The van der Waals surface area contributed by atoms with Gasteiger partial charge in [-0.2, -0.15) is 0 Å². The van der Waals surface area contributed by atoms with E-state index in [0.717, 1.165) is 51.4 Å². The first-order chi connectivity index (χ1) is 28.2. The summed E-state index contributed by atoms with van der Waals surface area (Å²) in [4.78, 5) is 20.7. The molecule has 0 spiro atoms. The van der Waals surface area contributed by atoms with E-state index < -0.39 is 24.1 Å². The van der Waals surface area contributed by atoms with Gasteiger partial charge in [0.05, 0.1) is 37.6 Å². The number of benzene rings is 2. The summed E-state index contributed by atoms with van der Waals surface area (Å²) in [6.45, 7) is 5.89. The van der Waals surface area contributed by atoms with Crippen LogP contribution < -0.4 is 10.2 Å². The van der Waals surface area contributed by atoms with Crippen LogP contribution in [0.5, 0.6) is 0 Å². The first-order valence-corrected chi connectivity index (χ1v) is 23.3. The number of ether oxygens (including phenoxy) is 2. The second kappa shape index (κ2) is 42.1. The molecule has 0 aromatic heterocycles. The van der Waals surface area contributed by atoms with E-state index in [0.29, 0.717) is 51.1 Å². The molecule has 0 fully saturated rings. The number of hydrogen-bond donors (Lipinski definition) is 2. The van der Waals surface area contributed by atoms with E-state index >= 15 is 0 Å². The van der Waals surface area contributed by atoms with E-state index in [4.69, 9.17) is 9.47 Å². The van der Waals surface area contributed by atoms with Crippen LogP contribution in [0.25, 0.3) is 0 Å². The summed E-state index contributed by atoms with van der Waals surface area (Å²) in [5.74, 6) is -2.15. The Kier molecular flexibility index (Phi) is 41.2. The molecule has 0 bridgehead atoms. The summed E-state index contributed by atoms with van der Waals surface area (Å²) in [6.07, 6.45) is 27.7. The van der Waals surface area contributed by atoms with Crippen molar-refractivity contribution in [2.75, 3.05) is 0 Å². The predicted molar refractivity (Wildman–Crippen MR) is 238 cm³/mol. The summed E-state index contributed by atoms with van der Waals surface area (Å²) in [5.41, 5.74) is 2.50. The van der Waals surface area contributed by atoms with Gasteiger partial charge in [0.2, 0.25) is 0 Å². The molecule has 4 atom stereocenters. The maximum atomic E-state index is 10.4. The Labute approximate surface area is 400 Å². The van der Waals surface area contributed by atoms with E-state index in [9.17, 15) is 30.0 Å². The minimum atomic E-state index is -1.08. The van der Waals surface area contributed by atoms with E-state index in [2.05, 4.69) is 62.4 Å². The maximum Gasteiger partial charge on any atom is 2.00 e. The standard InChI is InChI=1S/2C25H42O4.Ba/c2*1-2-3-17-24(29-21-22-14-10-9-11-15-22)18-13-8-6-4-5-7-12-16-23(26)19-20-25(27)28;/h2*9-11,14-15,23-24,26H,2-8,12-13,16-21H2,1H3,(H,27,28);/q;;+2/p-2. The smallest absolute Gasteiger partial charge is 0.550 e. The molecule has 0 aliphatic rings. The van der Waals surface area contributed by atoms with Gasteiger partial charge in [0, 0.05) is 11.9 Å². The van der Waals surface area contributed by atoms with Gasteiger partial charge in [-0.3, -0.25) is 0 Å². The average molecular weight is 949 g/mol.